The molecule has 1 saturated heterocycles. The Kier molecular flexibility index (Phi) is 5.66. The molecule has 0 bridgehead atoms. The van der Waals surface area contributed by atoms with Gasteiger partial charge in [-0.25, -0.2) is 8.42 Å². The van der Waals surface area contributed by atoms with Crippen LogP contribution in [0.2, 0.25) is 0 Å². The van der Waals surface area contributed by atoms with Crippen molar-refractivity contribution in [1.29, 1.82) is 0 Å². The highest BCUT2D eigenvalue weighted by atomic mass is 32.2. The number of carbonyl (C=O) groups excluding carboxylic acids is 1. The highest BCUT2D eigenvalue weighted by molar-refractivity contribution is 7.89. The maximum absolute atomic E-state index is 13.1. The number of nitrogens with one attached hydrogen (secondary N) is 1. The number of hydrogen-bond acceptors (Lipinski definition) is 7. The lowest BCUT2D eigenvalue weighted by Gasteiger charge is -2.15. The smallest absolute Gasteiger partial charge is 0.258 e. The minimum atomic E-state index is -3.57. The van der Waals surface area contributed by atoms with Gasteiger partial charge in [-0.3, -0.25) is 10.1 Å². The number of nitrogens with zero attached hydrogens (tertiary/aromatic N) is 5. The summed E-state index contributed by atoms with van der Waals surface area (Å²) in [6.45, 7) is 3.62. The van der Waals surface area contributed by atoms with Gasteiger partial charge in [-0.15, -0.1) is 10.2 Å². The standard InChI is InChI=1S/C23H24N6O4S/c1-3-29-19-11-10-17(34(31,32)28-12-4-5-13-28)14-18(19)20-21(29)24-23(27-26-20)25-22(30)15-6-8-16(33-2)9-7-15/h6-11,14H,3-5,12-13H2,1-2H3,(H,24,25,27,30). The van der Waals surface area contributed by atoms with E-state index < -0.39 is 10.0 Å². The van der Waals surface area contributed by atoms with Crippen molar-refractivity contribution in [3.63, 3.8) is 0 Å². The topological polar surface area (TPSA) is 119 Å². The third-order valence-electron chi connectivity index (χ3n) is 6.03. The van der Waals surface area contributed by atoms with Crippen LogP contribution in [0.5, 0.6) is 5.75 Å². The second-order valence-corrected chi connectivity index (χ2v) is 9.96. The SMILES string of the molecule is CCn1c2ccc(S(=O)(=O)N3CCCC3)cc2c2nnc(NC(=O)c3ccc(OC)cc3)nc21. The molecule has 176 valence electrons. The number of hydrogen-bond donors (Lipinski definition) is 1. The first-order valence-corrected chi connectivity index (χ1v) is 12.5. The van der Waals surface area contributed by atoms with Crippen LogP contribution in [0.4, 0.5) is 5.95 Å². The van der Waals surface area contributed by atoms with Crippen LogP contribution in [-0.2, 0) is 16.6 Å². The molecule has 2 aromatic heterocycles. The molecule has 11 heteroatoms. The number of aryl methyl sites for hydroxylation is 1. The Labute approximate surface area is 196 Å². The number of ether oxygens (including phenoxy) is 1. The summed E-state index contributed by atoms with van der Waals surface area (Å²) in [7, 11) is -2.01. The summed E-state index contributed by atoms with van der Waals surface area (Å²) in [5.74, 6) is 0.340. The normalized spacial score (nSPS) is 14.6. The van der Waals surface area contributed by atoms with Crippen LogP contribution in [0.15, 0.2) is 47.4 Å². The minimum Gasteiger partial charge on any atom is -0.497 e. The Morgan fingerprint density at radius 2 is 1.82 bits per heavy atom. The molecule has 0 radical (unpaired) electrons. The highest BCUT2D eigenvalue weighted by Crippen LogP contribution is 2.30. The third-order valence-corrected chi connectivity index (χ3v) is 7.93. The summed E-state index contributed by atoms with van der Waals surface area (Å²) < 4.78 is 34.7. The van der Waals surface area contributed by atoms with Gasteiger partial charge < -0.3 is 9.30 Å². The molecule has 1 N–H and O–H groups in total. The first-order valence-electron chi connectivity index (χ1n) is 11.0. The largest absolute Gasteiger partial charge is 0.497 e. The van der Waals surface area contributed by atoms with Crippen LogP contribution in [0, 0.1) is 0 Å². The zero-order chi connectivity index (χ0) is 23.9. The van der Waals surface area contributed by atoms with E-state index >= 15 is 0 Å². The fourth-order valence-corrected chi connectivity index (χ4v) is 5.81. The molecule has 10 nitrogen and oxygen atoms in total. The third kappa shape index (κ3) is 3.76. The minimum absolute atomic E-state index is 0.0655. The molecule has 0 unspecified atom stereocenters. The van der Waals surface area contributed by atoms with E-state index in [0.29, 0.717) is 47.5 Å². The first-order chi connectivity index (χ1) is 16.4. The molecule has 0 atom stereocenters. The maximum atomic E-state index is 13.1. The molecule has 1 aliphatic heterocycles. The van der Waals surface area contributed by atoms with Crippen molar-refractivity contribution >= 4 is 43.9 Å². The van der Waals surface area contributed by atoms with Crippen molar-refractivity contribution in [2.24, 2.45) is 0 Å². The molecular weight excluding hydrogens is 456 g/mol. The molecule has 34 heavy (non-hydrogen) atoms. The van der Waals surface area contributed by atoms with Crippen molar-refractivity contribution in [1.82, 2.24) is 24.1 Å². The van der Waals surface area contributed by atoms with E-state index in [2.05, 4.69) is 20.5 Å². The number of rotatable bonds is 6. The Morgan fingerprint density at radius 3 is 2.50 bits per heavy atom. The number of sulfonamides is 1. The van der Waals surface area contributed by atoms with Gasteiger partial charge in [0.15, 0.2) is 5.65 Å². The Balaban J connectivity index is 1.52. The number of amides is 1. The van der Waals surface area contributed by atoms with E-state index in [1.54, 1.807) is 49.6 Å². The number of carbonyl (C=O) groups is 1. The average Bonchev–Trinajstić information content (AvgIpc) is 3.50. The molecule has 1 amide bonds. The number of aromatic nitrogens is 4. The lowest BCUT2D eigenvalue weighted by Crippen LogP contribution is -2.27. The summed E-state index contributed by atoms with van der Waals surface area (Å²) in [6, 6.07) is 11.7. The maximum Gasteiger partial charge on any atom is 0.258 e. The van der Waals surface area contributed by atoms with Gasteiger partial charge in [0, 0.05) is 30.6 Å². The molecule has 3 heterocycles. The van der Waals surface area contributed by atoms with E-state index in [1.165, 1.54) is 4.31 Å². The predicted octanol–water partition coefficient (Wildman–Crippen LogP) is 3.04. The summed E-state index contributed by atoms with van der Waals surface area (Å²) >= 11 is 0. The second-order valence-electron chi connectivity index (χ2n) is 8.02. The van der Waals surface area contributed by atoms with Crippen LogP contribution in [-0.4, -0.2) is 58.6 Å². The molecule has 0 saturated carbocycles. The lowest BCUT2D eigenvalue weighted by atomic mass is 10.2. The van der Waals surface area contributed by atoms with Crippen molar-refractivity contribution in [2.75, 3.05) is 25.5 Å². The number of anilines is 1. The molecular formula is C23H24N6O4S. The zero-order valence-electron chi connectivity index (χ0n) is 18.9. The molecule has 1 aliphatic rings. The second kappa shape index (κ2) is 8.65. The summed E-state index contributed by atoms with van der Waals surface area (Å²) in [4.78, 5) is 17.4. The van der Waals surface area contributed by atoms with Crippen LogP contribution in [0.3, 0.4) is 0 Å². The van der Waals surface area contributed by atoms with Gasteiger partial charge in [-0.1, -0.05) is 0 Å². The number of fused-ring (bicyclic) bond motifs is 3. The average molecular weight is 481 g/mol. The molecule has 0 aliphatic carbocycles. The van der Waals surface area contributed by atoms with E-state index in [-0.39, 0.29) is 16.8 Å². The number of methoxy groups -OCH3 is 1. The zero-order valence-corrected chi connectivity index (χ0v) is 19.7. The molecule has 1 fully saturated rings. The monoisotopic (exact) mass is 480 g/mol. The van der Waals surface area contributed by atoms with Crippen LogP contribution >= 0.6 is 0 Å². The Bertz CT molecular complexity index is 1490. The Morgan fingerprint density at radius 1 is 1.09 bits per heavy atom. The van der Waals surface area contributed by atoms with Crippen molar-refractivity contribution in [3.8, 4) is 5.75 Å². The van der Waals surface area contributed by atoms with Crippen LogP contribution in [0.25, 0.3) is 22.1 Å². The van der Waals surface area contributed by atoms with Crippen molar-refractivity contribution < 1.29 is 17.9 Å². The fraction of sp³-hybridized carbons (Fsp3) is 0.304. The number of benzene rings is 2. The first kappa shape index (κ1) is 22.2. The van der Waals surface area contributed by atoms with E-state index in [4.69, 9.17) is 4.74 Å². The van der Waals surface area contributed by atoms with Crippen molar-refractivity contribution in [2.45, 2.75) is 31.2 Å². The van der Waals surface area contributed by atoms with Gasteiger partial charge in [0.1, 0.15) is 11.3 Å². The molecule has 4 aromatic rings. The van der Waals surface area contributed by atoms with Gasteiger partial charge in [0.2, 0.25) is 10.0 Å². The molecule has 0 spiro atoms. The van der Waals surface area contributed by atoms with Gasteiger partial charge >= 0.3 is 0 Å². The van der Waals surface area contributed by atoms with Crippen LogP contribution < -0.4 is 10.1 Å². The van der Waals surface area contributed by atoms with Crippen LogP contribution in [0.1, 0.15) is 30.1 Å². The van der Waals surface area contributed by atoms with E-state index in [1.807, 2.05) is 11.5 Å². The fourth-order valence-electron chi connectivity index (χ4n) is 4.26. The highest BCUT2D eigenvalue weighted by Gasteiger charge is 2.28. The summed E-state index contributed by atoms with van der Waals surface area (Å²) in [5, 5.41) is 11.7. The van der Waals surface area contributed by atoms with Gasteiger partial charge in [0.05, 0.1) is 17.5 Å². The van der Waals surface area contributed by atoms with E-state index in [0.717, 1.165) is 18.4 Å². The lowest BCUT2D eigenvalue weighted by molar-refractivity contribution is 0.102. The van der Waals surface area contributed by atoms with Gasteiger partial charge in [0.25, 0.3) is 11.9 Å². The van der Waals surface area contributed by atoms with Crippen molar-refractivity contribution in [3.05, 3.63) is 48.0 Å². The summed E-state index contributed by atoms with van der Waals surface area (Å²) in [5.41, 5.74) is 2.24. The summed E-state index contributed by atoms with van der Waals surface area (Å²) in [6.07, 6.45) is 1.74. The molecule has 2 aromatic carbocycles. The molecule has 5 rings (SSSR count). The quantitative estimate of drug-likeness (QED) is 0.450. The Hall–Kier alpha value is -3.57. The van der Waals surface area contributed by atoms with Gasteiger partial charge in [-0.05, 0) is 62.2 Å². The predicted molar refractivity (Wildman–Crippen MR) is 127 cm³/mol. The van der Waals surface area contributed by atoms with Gasteiger partial charge in [-0.2, -0.15) is 9.29 Å². The van der Waals surface area contributed by atoms with E-state index in [9.17, 15) is 13.2 Å².